The van der Waals surface area contributed by atoms with Crippen molar-refractivity contribution in [1.82, 2.24) is 35.3 Å². The molecule has 0 saturated carbocycles. The number of carbonyl (C=O) groups is 3. The van der Waals surface area contributed by atoms with E-state index in [1.165, 1.54) is 53.6 Å². The highest BCUT2D eigenvalue weighted by Gasteiger charge is 2.44. The zero-order chi connectivity index (χ0) is 52.1. The number of aliphatic hydroxyl groups excluding tert-OH is 1. The maximum absolute atomic E-state index is 14.1. The number of hydrogen-bond donors (Lipinski definition) is 5. The monoisotopic (exact) mass is 1030 g/mol. The van der Waals surface area contributed by atoms with Gasteiger partial charge in [-0.15, -0.1) is 11.3 Å². The van der Waals surface area contributed by atoms with Crippen LogP contribution in [0.15, 0.2) is 78.4 Å². The summed E-state index contributed by atoms with van der Waals surface area (Å²) in [5.41, 5.74) is 12.3. The third-order valence-electron chi connectivity index (χ3n) is 12.2. The first-order chi connectivity index (χ1) is 34.1. The second-order valence-corrected chi connectivity index (χ2v) is 21.1. The topological polar surface area (TPSA) is 224 Å². The molecule has 0 radical (unpaired) electrons. The number of benzene rings is 3. The maximum Gasteiger partial charge on any atom is 0.355 e. The Bertz CT molecular complexity index is 3130. The number of halogens is 3. The highest BCUT2D eigenvalue weighted by atomic mass is 32.2. The van der Waals surface area contributed by atoms with Crippen LogP contribution in [0.3, 0.4) is 0 Å². The number of β-amino-alcohol motifs (C(OH)–C–C–N with tert-alkyl or cyclic N) is 1. The number of aliphatic hydroxyl groups is 1. The number of amides is 3. The molecule has 0 bridgehead atoms. The number of aryl methyl sites for hydroxylation is 2. The van der Waals surface area contributed by atoms with Gasteiger partial charge >= 0.3 is 5.76 Å². The molecule has 3 amide bonds. The average Bonchev–Trinajstić information content (AvgIpc) is 4.05. The highest BCUT2D eigenvalue weighted by Crippen LogP contribution is 2.39. The second kappa shape index (κ2) is 22.2. The van der Waals surface area contributed by atoms with E-state index < -0.39 is 63.1 Å². The second-order valence-electron chi connectivity index (χ2n) is 18.6. The van der Waals surface area contributed by atoms with E-state index in [1.54, 1.807) is 35.5 Å². The zero-order valence-corrected chi connectivity index (χ0v) is 42.1. The number of sulfonamides is 1. The Labute approximate surface area is 419 Å². The number of fused-ring (bicyclic) bond motifs is 1. The molecule has 380 valence electrons. The molecule has 1 fully saturated rings. The van der Waals surface area contributed by atoms with Gasteiger partial charge in [0.1, 0.15) is 41.3 Å². The van der Waals surface area contributed by atoms with Crippen LogP contribution in [0, 0.1) is 30.0 Å². The number of unbranched alkanes of at least 4 members (excludes halogenated alkanes) is 2. The Balaban J connectivity index is 0.977. The van der Waals surface area contributed by atoms with E-state index in [2.05, 4.69) is 37.5 Å². The average molecular weight is 1030 g/mol. The number of carbonyl (C=O) groups excluding carboxylic acids is 3. The van der Waals surface area contributed by atoms with Gasteiger partial charge in [-0.1, -0.05) is 75.1 Å². The van der Waals surface area contributed by atoms with Crippen molar-refractivity contribution >= 4 is 61.5 Å². The predicted octanol–water partition coefficient (Wildman–Crippen LogP) is 7.61. The van der Waals surface area contributed by atoms with Crippen molar-refractivity contribution in [3.8, 4) is 39.3 Å². The van der Waals surface area contributed by atoms with Crippen LogP contribution in [0.25, 0.3) is 32.6 Å². The van der Waals surface area contributed by atoms with Gasteiger partial charge in [-0.25, -0.2) is 22.8 Å². The Kier molecular flexibility index (Phi) is 16.3. The molecule has 3 aromatic carbocycles. The third kappa shape index (κ3) is 12.3. The van der Waals surface area contributed by atoms with Gasteiger partial charge in [0.15, 0.2) is 0 Å². The van der Waals surface area contributed by atoms with Crippen LogP contribution >= 0.6 is 11.3 Å². The molecule has 6 aromatic rings. The molecule has 0 aliphatic carbocycles. The van der Waals surface area contributed by atoms with Gasteiger partial charge in [0.25, 0.3) is 10.0 Å². The SMILES string of the molecule is Cc1ncsc1-c1ccc(CNC(=O)[C@@H]2C[C@@H](O)CN2C(=O)[C@@H](NC(=O)CCCCC#Cc2cnc(N)c3c(-c4ccc(NS(=O)(=O)C(F)F)c(O[C@@H](C)c5ccc(F)cc5)c4)nn(C)c23)C(C)(C)C)cc1. The van der Waals surface area contributed by atoms with E-state index in [4.69, 9.17) is 10.5 Å². The molecule has 0 unspecified atom stereocenters. The van der Waals surface area contributed by atoms with Gasteiger partial charge in [-0.3, -0.25) is 23.8 Å². The van der Waals surface area contributed by atoms with Gasteiger partial charge in [0, 0.05) is 51.2 Å². The molecule has 7 rings (SSSR count). The first kappa shape index (κ1) is 52.8. The number of nitrogen functional groups attached to an aromatic ring is 1. The van der Waals surface area contributed by atoms with E-state index in [0.29, 0.717) is 52.5 Å². The van der Waals surface area contributed by atoms with Crippen molar-refractivity contribution in [3.05, 3.63) is 107 Å². The minimum Gasteiger partial charge on any atom is -0.484 e. The Hall–Kier alpha value is -7.02. The molecule has 4 heterocycles. The van der Waals surface area contributed by atoms with Gasteiger partial charge in [0.05, 0.1) is 44.3 Å². The zero-order valence-electron chi connectivity index (χ0n) is 40.5. The number of hydrogen-bond acceptors (Lipinski definition) is 12. The van der Waals surface area contributed by atoms with Crippen LogP contribution < -0.4 is 25.8 Å². The Morgan fingerprint density at radius 2 is 1.74 bits per heavy atom. The summed E-state index contributed by atoms with van der Waals surface area (Å²) in [5.74, 6) is 0.853. The van der Waals surface area contributed by atoms with Crippen molar-refractivity contribution < 1.29 is 45.8 Å². The largest absolute Gasteiger partial charge is 0.484 e. The number of ether oxygens (including phenoxy) is 1. The van der Waals surface area contributed by atoms with Crippen LogP contribution in [0.2, 0.25) is 0 Å². The molecule has 1 aliphatic rings. The van der Waals surface area contributed by atoms with E-state index in [1.807, 2.05) is 56.7 Å². The van der Waals surface area contributed by atoms with Gasteiger partial charge in [-0.2, -0.15) is 13.9 Å². The smallest absolute Gasteiger partial charge is 0.355 e. The molecule has 21 heteroatoms. The molecule has 1 aliphatic heterocycles. The van der Waals surface area contributed by atoms with E-state index in [-0.39, 0.29) is 49.1 Å². The highest BCUT2D eigenvalue weighted by molar-refractivity contribution is 7.93. The summed E-state index contributed by atoms with van der Waals surface area (Å²) in [7, 11) is -3.41. The van der Waals surface area contributed by atoms with Crippen LogP contribution in [0.1, 0.15) is 88.3 Å². The molecular formula is C51H56F3N9O7S2. The summed E-state index contributed by atoms with van der Waals surface area (Å²) in [4.78, 5) is 52.1. The van der Waals surface area contributed by atoms with Crippen molar-refractivity contribution in [1.29, 1.82) is 0 Å². The van der Waals surface area contributed by atoms with Crippen LogP contribution in [-0.4, -0.2) is 86.4 Å². The number of pyridine rings is 1. The summed E-state index contributed by atoms with van der Waals surface area (Å²) in [5, 5.41) is 21.5. The summed E-state index contributed by atoms with van der Waals surface area (Å²) >= 11 is 1.55. The number of thiazole rings is 1. The summed E-state index contributed by atoms with van der Waals surface area (Å²) in [6.07, 6.45) is 1.38. The standard InChI is InChI=1S/C51H56F3N9O7S2/c1-29-45(71-28-58-29)33-15-13-31(14-16-33)25-57-48(66)39-24-37(64)27-63(39)49(67)46(51(3,4)5)59-41(65)12-10-8-7-9-11-35-26-56-47(55)42-43(60-62(6)44(35)42)34-19-22-38(61-72(68,69)50(53)54)40(23-34)70-30(2)32-17-20-36(52)21-18-32/h13-23,26,28,30,37,39,46,50,61,64H,7-8,10,12,24-25,27H2,1-6H3,(H2,55,56)(H,57,66)(H,59,65)/t30-,37+,39-,46+/m0/s1. The van der Waals surface area contributed by atoms with Crippen LogP contribution in [0.4, 0.5) is 24.7 Å². The molecule has 16 nitrogen and oxygen atoms in total. The lowest BCUT2D eigenvalue weighted by atomic mass is 9.85. The van der Waals surface area contributed by atoms with E-state index in [9.17, 15) is 41.1 Å². The molecule has 1 saturated heterocycles. The van der Waals surface area contributed by atoms with E-state index in [0.717, 1.165) is 21.7 Å². The number of nitrogens with one attached hydrogen (secondary N) is 3. The quantitative estimate of drug-likeness (QED) is 0.0442. The van der Waals surface area contributed by atoms with Crippen molar-refractivity contribution in [2.75, 3.05) is 17.0 Å². The lowest BCUT2D eigenvalue weighted by Gasteiger charge is -2.35. The molecule has 6 N–H and O–H groups in total. The molecular weight excluding hydrogens is 972 g/mol. The Morgan fingerprint density at radius 1 is 1.03 bits per heavy atom. The predicted molar refractivity (Wildman–Crippen MR) is 269 cm³/mol. The number of likely N-dealkylation sites (tertiary alicyclic amines) is 1. The molecule has 72 heavy (non-hydrogen) atoms. The third-order valence-corrected chi connectivity index (χ3v) is 14.1. The number of nitrogens with two attached hydrogens (primary N) is 1. The number of nitrogens with zero attached hydrogens (tertiary/aromatic N) is 5. The lowest BCUT2D eigenvalue weighted by Crippen LogP contribution is -2.57. The molecule has 3 aromatic heterocycles. The first-order valence-electron chi connectivity index (χ1n) is 23.1. The first-order valence-corrected chi connectivity index (χ1v) is 25.5. The van der Waals surface area contributed by atoms with Crippen molar-refractivity contribution in [2.24, 2.45) is 12.5 Å². The fourth-order valence-corrected chi connectivity index (χ4v) is 9.72. The maximum atomic E-state index is 14.1. The van der Waals surface area contributed by atoms with Crippen LogP contribution in [0.5, 0.6) is 5.75 Å². The fraction of sp³-hybridized carbons (Fsp3) is 0.373. The summed E-state index contributed by atoms with van der Waals surface area (Å²) in [6.45, 7) is 9.23. The van der Waals surface area contributed by atoms with Crippen molar-refractivity contribution in [3.63, 3.8) is 0 Å². The minimum atomic E-state index is -5.09. The Morgan fingerprint density at radius 3 is 2.40 bits per heavy atom. The molecule has 0 spiro atoms. The van der Waals surface area contributed by atoms with Crippen LogP contribution in [-0.2, 0) is 38.0 Å². The summed E-state index contributed by atoms with van der Waals surface area (Å²) < 4.78 is 74.5. The number of rotatable bonds is 17. The fourth-order valence-electron chi connectivity index (χ4n) is 8.34. The lowest BCUT2D eigenvalue weighted by molar-refractivity contribution is -0.144. The van der Waals surface area contributed by atoms with Gasteiger partial charge in [0.2, 0.25) is 17.7 Å². The number of aromatic nitrogens is 4. The minimum absolute atomic E-state index is 0.0448. The van der Waals surface area contributed by atoms with E-state index >= 15 is 0 Å². The van der Waals surface area contributed by atoms with Crippen molar-refractivity contribution in [2.45, 2.75) is 103 Å². The number of alkyl halides is 2. The number of anilines is 2. The van der Waals surface area contributed by atoms with Gasteiger partial charge < -0.3 is 31.1 Å². The van der Waals surface area contributed by atoms with Gasteiger partial charge in [-0.05, 0) is 73.1 Å². The summed E-state index contributed by atoms with van der Waals surface area (Å²) in [6, 6.07) is 15.5. The molecule has 4 atom stereocenters. The normalized spacial score (nSPS) is 15.7.